The van der Waals surface area contributed by atoms with Gasteiger partial charge in [0.1, 0.15) is 36.6 Å². The zero-order valence-electron chi connectivity index (χ0n) is 33.7. The Bertz CT molecular complexity index is 1490. The summed E-state index contributed by atoms with van der Waals surface area (Å²) in [7, 11) is 0. The van der Waals surface area contributed by atoms with Crippen LogP contribution in [-0.4, -0.2) is 151 Å². The van der Waals surface area contributed by atoms with Gasteiger partial charge in [0.25, 0.3) is 0 Å². The van der Waals surface area contributed by atoms with Crippen molar-refractivity contribution in [2.75, 3.05) is 13.2 Å². The van der Waals surface area contributed by atoms with E-state index in [4.69, 9.17) is 28.4 Å². The maximum Gasteiger partial charge on any atom is 0.303 e. The molecule has 15 nitrogen and oxygen atoms in total. The fourth-order valence-electron chi connectivity index (χ4n) is 14.3. The summed E-state index contributed by atoms with van der Waals surface area (Å²) in [6.07, 6.45) is -6.63. The molecule has 8 aliphatic rings. The number of carbonyl (C=O) groups excluding carboxylic acids is 1. The highest BCUT2D eigenvalue weighted by Crippen LogP contribution is 2.88. The molecular formula is C41H66O15. The van der Waals surface area contributed by atoms with Crippen molar-refractivity contribution in [2.45, 2.75) is 197 Å². The van der Waals surface area contributed by atoms with Crippen molar-refractivity contribution in [1.29, 1.82) is 0 Å². The van der Waals surface area contributed by atoms with E-state index in [1.807, 2.05) is 0 Å². The molecule has 15 heteroatoms. The first-order valence-corrected chi connectivity index (χ1v) is 21.0. The minimum atomic E-state index is -1.60. The number of fused-ring (bicyclic) bond motifs is 2. The van der Waals surface area contributed by atoms with Crippen molar-refractivity contribution >= 4 is 5.97 Å². The van der Waals surface area contributed by atoms with Gasteiger partial charge in [-0.1, -0.05) is 13.8 Å². The second-order valence-corrected chi connectivity index (χ2v) is 20.3. The Labute approximate surface area is 328 Å². The second-order valence-electron chi connectivity index (χ2n) is 20.3. The van der Waals surface area contributed by atoms with Crippen molar-refractivity contribution in [3.8, 4) is 0 Å². The fourth-order valence-corrected chi connectivity index (χ4v) is 14.3. The number of esters is 1. The topological polar surface area (TPSA) is 234 Å². The van der Waals surface area contributed by atoms with Crippen molar-refractivity contribution in [1.82, 2.24) is 0 Å². The Balaban J connectivity index is 1.11. The number of carbonyl (C=O) groups is 1. The van der Waals surface area contributed by atoms with Crippen molar-refractivity contribution in [3.63, 3.8) is 0 Å². The summed E-state index contributed by atoms with van der Waals surface area (Å²) in [5, 5.41) is 86.6. The monoisotopic (exact) mass is 798 g/mol. The highest BCUT2D eigenvalue weighted by Gasteiger charge is 2.83. The predicted molar refractivity (Wildman–Crippen MR) is 194 cm³/mol. The fraction of sp³-hybridized carbons (Fsp3) is 0.976. The zero-order chi connectivity index (χ0) is 40.5. The van der Waals surface area contributed by atoms with Gasteiger partial charge < -0.3 is 69.3 Å². The zero-order valence-corrected chi connectivity index (χ0v) is 33.7. The molecule has 8 rings (SSSR count). The minimum absolute atomic E-state index is 0.0459. The average molecular weight is 799 g/mol. The second kappa shape index (κ2) is 14.0. The maximum atomic E-state index is 12.2. The van der Waals surface area contributed by atoms with Crippen LogP contribution in [0.3, 0.4) is 0 Å². The molecule has 320 valence electrons. The van der Waals surface area contributed by atoms with Crippen molar-refractivity contribution < 1.29 is 74.1 Å². The number of hydrogen-bond donors (Lipinski definition) is 8. The molecule has 3 aliphatic heterocycles. The molecule has 21 unspecified atom stereocenters. The van der Waals surface area contributed by atoms with Crippen LogP contribution < -0.4 is 0 Å². The molecule has 0 aromatic heterocycles. The summed E-state index contributed by atoms with van der Waals surface area (Å²) < 4.78 is 37.1. The Morgan fingerprint density at radius 1 is 0.821 bits per heavy atom. The summed E-state index contributed by atoms with van der Waals surface area (Å²) in [5.74, 6) is -0.800. The van der Waals surface area contributed by atoms with Gasteiger partial charge in [-0.15, -0.1) is 0 Å². The summed E-state index contributed by atoms with van der Waals surface area (Å²) >= 11 is 0. The molecule has 5 saturated carbocycles. The van der Waals surface area contributed by atoms with Crippen molar-refractivity contribution in [3.05, 3.63) is 0 Å². The molecule has 5 aliphatic carbocycles. The van der Waals surface area contributed by atoms with Gasteiger partial charge in [0.15, 0.2) is 18.7 Å². The molecule has 3 saturated heterocycles. The molecule has 56 heavy (non-hydrogen) atoms. The molecule has 0 bridgehead atoms. The van der Waals surface area contributed by atoms with Gasteiger partial charge in [-0.25, -0.2) is 0 Å². The van der Waals surface area contributed by atoms with Gasteiger partial charge in [0.05, 0.1) is 48.8 Å². The van der Waals surface area contributed by atoms with Crippen LogP contribution in [0.15, 0.2) is 0 Å². The Morgan fingerprint density at radius 2 is 1.55 bits per heavy atom. The third kappa shape index (κ3) is 6.11. The van der Waals surface area contributed by atoms with Crippen LogP contribution in [0.2, 0.25) is 0 Å². The van der Waals surface area contributed by atoms with E-state index in [-0.39, 0.29) is 52.1 Å². The van der Waals surface area contributed by atoms with E-state index in [1.165, 1.54) is 6.92 Å². The van der Waals surface area contributed by atoms with Crippen molar-refractivity contribution in [2.24, 2.45) is 39.4 Å². The molecule has 21 atom stereocenters. The van der Waals surface area contributed by atoms with Crippen LogP contribution in [-0.2, 0) is 33.2 Å². The first-order chi connectivity index (χ1) is 26.1. The Morgan fingerprint density at radius 3 is 2.21 bits per heavy atom. The lowest BCUT2D eigenvalue weighted by Crippen LogP contribution is -2.62. The molecule has 3 heterocycles. The lowest BCUT2D eigenvalue weighted by Gasteiger charge is -2.63. The van der Waals surface area contributed by atoms with E-state index >= 15 is 0 Å². The highest BCUT2D eigenvalue weighted by molar-refractivity contribution is 5.66. The number of hydrogen-bond acceptors (Lipinski definition) is 15. The third-order valence-corrected chi connectivity index (χ3v) is 17.1. The Hall–Kier alpha value is -1.05. The number of ether oxygens (including phenoxy) is 6. The number of aliphatic hydroxyl groups is 8. The van der Waals surface area contributed by atoms with Gasteiger partial charge >= 0.3 is 5.97 Å². The molecule has 0 amide bonds. The molecule has 0 aromatic carbocycles. The minimum Gasteiger partial charge on any atom is -0.454 e. The lowest BCUT2D eigenvalue weighted by molar-refractivity contribution is -0.328. The largest absolute Gasteiger partial charge is 0.454 e. The van der Waals surface area contributed by atoms with Gasteiger partial charge in [-0.2, -0.15) is 0 Å². The summed E-state index contributed by atoms with van der Waals surface area (Å²) in [4.78, 5) is 12.0. The number of aliphatic hydroxyl groups excluding tert-OH is 7. The van der Waals surface area contributed by atoms with Crippen LogP contribution in [0, 0.1) is 39.4 Å². The summed E-state index contributed by atoms with van der Waals surface area (Å²) in [6.45, 7) is 10.8. The van der Waals surface area contributed by atoms with Gasteiger partial charge in [0.2, 0.25) is 0 Å². The van der Waals surface area contributed by atoms with Crippen LogP contribution in [0.4, 0.5) is 0 Å². The molecular weight excluding hydrogens is 732 g/mol. The predicted octanol–water partition coefficient (Wildman–Crippen LogP) is 0.659. The maximum absolute atomic E-state index is 12.2. The van der Waals surface area contributed by atoms with E-state index in [2.05, 4.69) is 20.8 Å². The van der Waals surface area contributed by atoms with Gasteiger partial charge in [0, 0.05) is 12.8 Å². The SMILES string of the molecule is CC(=O)OC1C(OC2CCC34CC35CCC3(C)C(C6(C)CCC(C(C)(C)O)O6)C(O)CC3(C)C5CC(OC3OC(CO)C(O)C(O)C3O)C4C2)OCC(O)C1O. The lowest BCUT2D eigenvalue weighted by atomic mass is 9.42. The normalized spacial score (nSPS) is 56.8. The molecule has 2 spiro atoms. The van der Waals surface area contributed by atoms with E-state index in [9.17, 15) is 45.6 Å². The first kappa shape index (κ1) is 41.7. The third-order valence-electron chi connectivity index (χ3n) is 17.1. The molecule has 0 aromatic rings. The Kier molecular flexibility index (Phi) is 10.4. The highest BCUT2D eigenvalue weighted by atomic mass is 16.7. The molecule has 0 radical (unpaired) electrons. The van der Waals surface area contributed by atoms with Crippen LogP contribution in [0.1, 0.15) is 106 Å². The quantitative estimate of drug-likeness (QED) is 0.125. The van der Waals surface area contributed by atoms with Crippen LogP contribution >= 0.6 is 0 Å². The average Bonchev–Trinajstić information content (AvgIpc) is 3.49. The van der Waals surface area contributed by atoms with E-state index in [0.717, 1.165) is 32.1 Å². The first-order valence-electron chi connectivity index (χ1n) is 21.0. The van der Waals surface area contributed by atoms with E-state index < -0.39 is 97.4 Å². The van der Waals surface area contributed by atoms with Gasteiger partial charge in [-0.05, 0) is 118 Å². The summed E-state index contributed by atoms with van der Waals surface area (Å²) in [6, 6.07) is 0. The summed E-state index contributed by atoms with van der Waals surface area (Å²) in [5.41, 5.74) is -2.50. The van der Waals surface area contributed by atoms with Crippen LogP contribution in [0.5, 0.6) is 0 Å². The standard InChI is InChI=1S/C41H66O15/c1-19(43)52-32-28(46)23(45)17-51-35(32)53-20-7-10-40-18-41(40)12-11-37(4)33(39(6)9-8-27(56-39)36(2,3)50)22(44)15-38(37,5)26(41)14-24(21(40)13-20)54-34-31(49)30(48)29(47)25(16-42)55-34/h20-35,42,44-50H,7-18H2,1-6H3. The smallest absolute Gasteiger partial charge is 0.303 e. The molecule has 8 fully saturated rings. The number of rotatable bonds is 8. The van der Waals surface area contributed by atoms with E-state index in [0.29, 0.717) is 32.1 Å². The van der Waals surface area contributed by atoms with E-state index in [1.54, 1.807) is 13.8 Å². The van der Waals surface area contributed by atoms with Gasteiger partial charge in [-0.3, -0.25) is 4.79 Å². The molecule has 8 N–H and O–H groups in total. The van der Waals surface area contributed by atoms with Crippen LogP contribution in [0.25, 0.3) is 0 Å².